The van der Waals surface area contributed by atoms with E-state index in [2.05, 4.69) is 24.0 Å². The molecule has 2 unspecified atom stereocenters. The van der Waals surface area contributed by atoms with Crippen molar-refractivity contribution < 1.29 is 9.47 Å². The Bertz CT molecular complexity index is 171. The third-order valence-electron chi connectivity index (χ3n) is 2.33. The number of allylic oxidation sites excluding steroid dienone is 1. The van der Waals surface area contributed by atoms with Crippen LogP contribution in [0.2, 0.25) is 0 Å². The molecule has 0 radical (unpaired) electrons. The Kier molecular flexibility index (Phi) is 2.98. The van der Waals surface area contributed by atoms with Gasteiger partial charge in [-0.05, 0) is 6.92 Å². The molecule has 2 fully saturated rings. The standard InChI is InChI=1S/C10H17NO2/c1-2-3-4-11(5-9-7-12-9)6-10-8-13-10/h2-3,9-10H,4-8H2,1H3. The zero-order chi connectivity index (χ0) is 9.10. The van der Waals surface area contributed by atoms with Crippen LogP contribution in [0, 0.1) is 0 Å². The van der Waals surface area contributed by atoms with Crippen LogP contribution in [0.25, 0.3) is 0 Å². The monoisotopic (exact) mass is 183 g/mol. The van der Waals surface area contributed by atoms with Crippen molar-refractivity contribution in [2.45, 2.75) is 19.1 Å². The van der Waals surface area contributed by atoms with Gasteiger partial charge in [-0.1, -0.05) is 12.2 Å². The van der Waals surface area contributed by atoms with Crippen LogP contribution in [0.3, 0.4) is 0 Å². The summed E-state index contributed by atoms with van der Waals surface area (Å²) in [5.74, 6) is 0. The zero-order valence-electron chi connectivity index (χ0n) is 8.11. The Labute approximate surface area is 79.3 Å². The summed E-state index contributed by atoms with van der Waals surface area (Å²) < 4.78 is 10.4. The smallest absolute Gasteiger partial charge is 0.0936 e. The number of hydrogen-bond donors (Lipinski definition) is 0. The van der Waals surface area contributed by atoms with E-state index in [0.29, 0.717) is 12.2 Å². The number of rotatable bonds is 6. The minimum atomic E-state index is 0.490. The molecule has 13 heavy (non-hydrogen) atoms. The van der Waals surface area contributed by atoms with E-state index in [9.17, 15) is 0 Å². The molecule has 3 heteroatoms. The van der Waals surface area contributed by atoms with E-state index in [1.165, 1.54) is 0 Å². The molecule has 0 bridgehead atoms. The molecule has 0 spiro atoms. The maximum absolute atomic E-state index is 5.21. The maximum Gasteiger partial charge on any atom is 0.0936 e. The number of hydrogen-bond acceptors (Lipinski definition) is 3. The van der Waals surface area contributed by atoms with Gasteiger partial charge in [0.1, 0.15) is 0 Å². The van der Waals surface area contributed by atoms with Crippen LogP contribution >= 0.6 is 0 Å². The number of epoxide rings is 2. The van der Waals surface area contributed by atoms with E-state index >= 15 is 0 Å². The molecule has 2 heterocycles. The second-order valence-corrected chi connectivity index (χ2v) is 3.70. The fraction of sp³-hybridized carbons (Fsp3) is 0.800. The highest BCUT2D eigenvalue weighted by Gasteiger charge is 2.29. The van der Waals surface area contributed by atoms with Crippen LogP contribution in [0.1, 0.15) is 6.92 Å². The lowest BCUT2D eigenvalue weighted by molar-refractivity contribution is 0.237. The highest BCUT2D eigenvalue weighted by Crippen LogP contribution is 2.15. The van der Waals surface area contributed by atoms with Crippen molar-refractivity contribution in [2.24, 2.45) is 0 Å². The molecule has 0 N–H and O–H groups in total. The molecule has 74 valence electrons. The summed E-state index contributed by atoms with van der Waals surface area (Å²) in [4.78, 5) is 2.40. The third kappa shape index (κ3) is 3.46. The number of ether oxygens (including phenoxy) is 2. The SMILES string of the molecule is CC=CCN(CC1CO1)CC1CO1. The molecule has 3 nitrogen and oxygen atoms in total. The van der Waals surface area contributed by atoms with Crippen molar-refractivity contribution in [1.29, 1.82) is 0 Å². The highest BCUT2D eigenvalue weighted by molar-refractivity contribution is 4.86. The summed E-state index contributed by atoms with van der Waals surface area (Å²) in [7, 11) is 0. The van der Waals surface area contributed by atoms with Crippen LogP contribution in [-0.2, 0) is 9.47 Å². The summed E-state index contributed by atoms with van der Waals surface area (Å²) >= 11 is 0. The van der Waals surface area contributed by atoms with Crippen LogP contribution in [0.4, 0.5) is 0 Å². The van der Waals surface area contributed by atoms with Crippen molar-refractivity contribution in [3.63, 3.8) is 0 Å². The first-order chi connectivity index (χ1) is 6.38. The fourth-order valence-electron chi connectivity index (χ4n) is 1.40. The highest BCUT2D eigenvalue weighted by atomic mass is 16.6. The largest absolute Gasteiger partial charge is 0.372 e. The van der Waals surface area contributed by atoms with Crippen LogP contribution in [0.15, 0.2) is 12.2 Å². The predicted octanol–water partition coefficient (Wildman–Crippen LogP) is 0.662. The lowest BCUT2D eigenvalue weighted by Gasteiger charge is -2.17. The summed E-state index contributed by atoms with van der Waals surface area (Å²) in [6.45, 7) is 7.08. The molecule has 2 aliphatic rings. The minimum Gasteiger partial charge on any atom is -0.372 e. The Hall–Kier alpha value is -0.380. The van der Waals surface area contributed by atoms with E-state index in [0.717, 1.165) is 32.8 Å². The predicted molar refractivity (Wildman–Crippen MR) is 50.7 cm³/mol. The lowest BCUT2D eigenvalue weighted by atomic mass is 10.3. The molecule has 0 aromatic heterocycles. The summed E-state index contributed by atoms with van der Waals surface area (Å²) in [5, 5.41) is 0. The summed E-state index contributed by atoms with van der Waals surface area (Å²) in [6, 6.07) is 0. The number of nitrogens with zero attached hydrogens (tertiary/aromatic N) is 1. The van der Waals surface area contributed by atoms with E-state index in [1.54, 1.807) is 0 Å². The maximum atomic E-state index is 5.21. The molecular formula is C10H17NO2. The second kappa shape index (κ2) is 4.22. The van der Waals surface area contributed by atoms with Gasteiger partial charge in [0.25, 0.3) is 0 Å². The molecule has 2 atom stereocenters. The van der Waals surface area contributed by atoms with Gasteiger partial charge in [0.05, 0.1) is 25.4 Å². The second-order valence-electron chi connectivity index (χ2n) is 3.70. The molecule has 2 rings (SSSR count). The van der Waals surface area contributed by atoms with Gasteiger partial charge in [0, 0.05) is 19.6 Å². The van der Waals surface area contributed by atoms with Gasteiger partial charge < -0.3 is 9.47 Å². The van der Waals surface area contributed by atoms with Gasteiger partial charge in [-0.15, -0.1) is 0 Å². The van der Waals surface area contributed by atoms with Crippen LogP contribution in [0.5, 0.6) is 0 Å². The molecule has 0 saturated carbocycles. The summed E-state index contributed by atoms with van der Waals surface area (Å²) in [5.41, 5.74) is 0. The Balaban J connectivity index is 1.70. The van der Waals surface area contributed by atoms with Crippen molar-refractivity contribution >= 4 is 0 Å². The van der Waals surface area contributed by atoms with Crippen molar-refractivity contribution in [3.05, 3.63) is 12.2 Å². The quantitative estimate of drug-likeness (QED) is 0.447. The molecule has 0 aliphatic carbocycles. The van der Waals surface area contributed by atoms with E-state index < -0.39 is 0 Å². The van der Waals surface area contributed by atoms with Crippen molar-refractivity contribution in [2.75, 3.05) is 32.8 Å². The van der Waals surface area contributed by atoms with Crippen molar-refractivity contribution in [3.8, 4) is 0 Å². The lowest BCUT2D eigenvalue weighted by Crippen LogP contribution is -2.31. The molecule has 2 aliphatic heterocycles. The van der Waals surface area contributed by atoms with E-state index in [-0.39, 0.29) is 0 Å². The van der Waals surface area contributed by atoms with Gasteiger partial charge in [0.15, 0.2) is 0 Å². The van der Waals surface area contributed by atoms with E-state index in [1.807, 2.05) is 0 Å². The van der Waals surface area contributed by atoms with Gasteiger partial charge >= 0.3 is 0 Å². The Morgan fingerprint density at radius 3 is 2.15 bits per heavy atom. The van der Waals surface area contributed by atoms with Crippen molar-refractivity contribution in [1.82, 2.24) is 4.90 Å². The third-order valence-corrected chi connectivity index (χ3v) is 2.33. The fourth-order valence-corrected chi connectivity index (χ4v) is 1.40. The molecule has 0 amide bonds. The minimum absolute atomic E-state index is 0.490. The molecule has 0 aromatic carbocycles. The van der Waals surface area contributed by atoms with E-state index in [4.69, 9.17) is 9.47 Å². The summed E-state index contributed by atoms with van der Waals surface area (Å²) in [6.07, 6.45) is 5.26. The topological polar surface area (TPSA) is 28.3 Å². The first kappa shape index (κ1) is 9.19. The Morgan fingerprint density at radius 2 is 1.77 bits per heavy atom. The average molecular weight is 183 g/mol. The first-order valence-electron chi connectivity index (χ1n) is 4.95. The molecular weight excluding hydrogens is 166 g/mol. The zero-order valence-corrected chi connectivity index (χ0v) is 8.11. The van der Waals surface area contributed by atoms with Gasteiger partial charge in [-0.3, -0.25) is 4.90 Å². The molecule has 2 saturated heterocycles. The normalized spacial score (nSPS) is 31.5. The Morgan fingerprint density at radius 1 is 1.23 bits per heavy atom. The van der Waals surface area contributed by atoms with Crippen LogP contribution in [-0.4, -0.2) is 50.0 Å². The molecule has 0 aromatic rings. The van der Waals surface area contributed by atoms with Gasteiger partial charge in [0.2, 0.25) is 0 Å². The first-order valence-corrected chi connectivity index (χ1v) is 4.95. The van der Waals surface area contributed by atoms with Crippen LogP contribution < -0.4 is 0 Å². The average Bonchev–Trinajstić information content (AvgIpc) is 2.94. The van der Waals surface area contributed by atoms with Gasteiger partial charge in [-0.2, -0.15) is 0 Å². The van der Waals surface area contributed by atoms with Gasteiger partial charge in [-0.25, -0.2) is 0 Å².